The largest absolute Gasteiger partial charge is 0 e. The molecule has 0 aromatic carbocycles. The minimum Gasteiger partial charge on any atom is 0 e. The summed E-state index contributed by atoms with van der Waals surface area (Å²) >= 11 is 0. The molecule has 0 aromatic heterocycles. The van der Waals surface area contributed by atoms with Gasteiger partial charge in [-0.2, -0.15) is 0 Å². The maximum Gasteiger partial charge on any atom is 0 e. The van der Waals surface area contributed by atoms with Gasteiger partial charge in [0.2, 0.25) is 0 Å². The predicted octanol–water partition coefficient (Wildman–Crippen LogP) is 2.86. The van der Waals surface area contributed by atoms with Gasteiger partial charge in [-0.05, 0) is 32.1 Å². The molecule has 0 saturated heterocycles. The van der Waals surface area contributed by atoms with Gasteiger partial charge in [-0.15, -0.1) is 0 Å². The second-order valence-corrected chi connectivity index (χ2v) is 3.62. The smallest absolute Gasteiger partial charge is 0 e. The van der Waals surface area contributed by atoms with E-state index in [2.05, 4.69) is 20.0 Å². The zero-order valence-corrected chi connectivity index (χ0v) is 12.5. The summed E-state index contributed by atoms with van der Waals surface area (Å²) in [6, 6.07) is 0. The molecule has 20 heavy (non-hydrogen) atoms. The van der Waals surface area contributed by atoms with Crippen molar-refractivity contribution >= 4 is 5.78 Å². The van der Waals surface area contributed by atoms with Crippen LogP contribution in [0.3, 0.4) is 0 Å². The van der Waals surface area contributed by atoms with E-state index in [1.165, 1.54) is 19.3 Å². The van der Waals surface area contributed by atoms with Crippen LogP contribution in [0.15, 0.2) is 0 Å². The van der Waals surface area contributed by atoms with Crippen LogP contribution < -0.4 is 0 Å². The molecule has 4 nitrogen and oxygen atoms in total. The molecule has 0 aromatic rings. The van der Waals surface area contributed by atoms with Crippen molar-refractivity contribution in [2.24, 2.45) is 5.92 Å². The SMILES string of the molecule is C[CH][CH][CH][CH]C(=O)C1CCCCC1.[C-]#[O+].[C-]#[O+].[C-]#[O+].[Fe]. The Hall–Kier alpha value is -0.591. The van der Waals surface area contributed by atoms with Gasteiger partial charge in [-0.1, -0.05) is 26.2 Å². The molecule has 1 aliphatic rings. The van der Waals surface area contributed by atoms with Crippen LogP contribution in [0.2, 0.25) is 0 Å². The molecule has 0 heterocycles. The van der Waals surface area contributed by atoms with Crippen LogP contribution in [0.4, 0.5) is 0 Å². The van der Waals surface area contributed by atoms with Crippen molar-refractivity contribution in [1.82, 2.24) is 0 Å². The molecule has 4 radical (unpaired) electrons. The van der Waals surface area contributed by atoms with Crippen LogP contribution in [-0.2, 0) is 35.8 Å². The zero-order valence-electron chi connectivity index (χ0n) is 11.4. The number of hydrogen-bond acceptors (Lipinski definition) is 1. The van der Waals surface area contributed by atoms with E-state index < -0.39 is 0 Å². The average Bonchev–Trinajstić information content (AvgIpc) is 2.54. The number of Topliss-reactive ketones (excluding diaryl/α,β-unsaturated/α-hetero) is 1. The first-order valence-corrected chi connectivity index (χ1v) is 5.79. The average molecular weight is 318 g/mol. The summed E-state index contributed by atoms with van der Waals surface area (Å²) in [6.45, 7) is 15.5. The summed E-state index contributed by atoms with van der Waals surface area (Å²) in [5, 5.41) is 0. The molecular weight excluding hydrogens is 300 g/mol. The monoisotopic (exact) mass is 318 g/mol. The number of carbonyl (C=O) groups is 1. The minimum absolute atomic E-state index is 0. The molecule has 110 valence electrons. The molecule has 5 heteroatoms. The van der Waals surface area contributed by atoms with Gasteiger partial charge in [0, 0.05) is 29.4 Å². The van der Waals surface area contributed by atoms with Crippen molar-refractivity contribution in [2.75, 3.05) is 0 Å². The summed E-state index contributed by atoms with van der Waals surface area (Å²) in [5.74, 6) is 0.632. The molecule has 1 fully saturated rings. The Morgan fingerprint density at radius 3 is 1.80 bits per heavy atom. The Bertz CT molecular complexity index is 238. The van der Waals surface area contributed by atoms with Crippen molar-refractivity contribution in [3.8, 4) is 0 Å². The Labute approximate surface area is 132 Å². The van der Waals surface area contributed by atoms with Crippen molar-refractivity contribution in [2.45, 2.75) is 39.0 Å². The Morgan fingerprint density at radius 1 is 0.950 bits per heavy atom. The molecule has 1 rings (SSSR count). The van der Waals surface area contributed by atoms with Crippen LogP contribution in [-0.4, -0.2) is 5.78 Å². The first kappa shape index (κ1) is 27.7. The quantitative estimate of drug-likeness (QED) is 0.332. The van der Waals surface area contributed by atoms with Crippen molar-refractivity contribution in [1.29, 1.82) is 0 Å². The minimum atomic E-state index is 0. The summed E-state index contributed by atoms with van der Waals surface area (Å²) in [7, 11) is 0. The van der Waals surface area contributed by atoms with Gasteiger partial charge >= 0.3 is 33.9 Å². The molecule has 0 unspecified atom stereocenters. The van der Waals surface area contributed by atoms with E-state index in [-0.39, 0.29) is 17.1 Å². The Balaban J connectivity index is -0.000000162. The van der Waals surface area contributed by atoms with Crippen LogP contribution >= 0.6 is 0 Å². The van der Waals surface area contributed by atoms with Crippen LogP contribution in [0, 0.1) is 51.6 Å². The number of unbranched alkanes of at least 4 members (excludes halogenated alkanes) is 2. The van der Waals surface area contributed by atoms with Gasteiger partial charge in [0.15, 0.2) is 0 Å². The van der Waals surface area contributed by atoms with Gasteiger partial charge in [0.1, 0.15) is 5.78 Å². The molecule has 0 bridgehead atoms. The molecule has 0 spiro atoms. The Kier molecular flexibility index (Phi) is 37.2. The van der Waals surface area contributed by atoms with Gasteiger partial charge in [-0.3, -0.25) is 4.79 Å². The van der Waals surface area contributed by atoms with Crippen LogP contribution in [0.1, 0.15) is 39.0 Å². The Morgan fingerprint density at radius 2 is 1.40 bits per heavy atom. The van der Waals surface area contributed by atoms with Gasteiger partial charge in [-0.25, -0.2) is 0 Å². The topological polar surface area (TPSA) is 76.8 Å². The molecule has 0 aliphatic heterocycles. The van der Waals surface area contributed by atoms with Crippen molar-refractivity contribution in [3.63, 3.8) is 0 Å². The third-order valence-electron chi connectivity index (χ3n) is 2.57. The van der Waals surface area contributed by atoms with E-state index in [0.717, 1.165) is 12.8 Å². The number of rotatable bonds is 5. The molecule has 1 saturated carbocycles. The summed E-state index contributed by atoms with van der Waals surface area (Å²) in [4.78, 5) is 11.6. The molecular formula is C15H18FeO4. The number of ketones is 1. The van der Waals surface area contributed by atoms with Crippen LogP contribution in [0.25, 0.3) is 0 Å². The molecule has 1 aliphatic carbocycles. The van der Waals surface area contributed by atoms with E-state index >= 15 is 0 Å². The fourth-order valence-electron chi connectivity index (χ4n) is 1.78. The van der Waals surface area contributed by atoms with Gasteiger partial charge in [0.25, 0.3) is 0 Å². The first-order valence-electron chi connectivity index (χ1n) is 5.79. The van der Waals surface area contributed by atoms with E-state index in [1.807, 2.05) is 26.2 Å². The zero-order chi connectivity index (χ0) is 15.5. The molecule has 0 N–H and O–H groups in total. The van der Waals surface area contributed by atoms with E-state index in [0.29, 0.717) is 11.7 Å². The number of hydrogen-bond donors (Lipinski definition) is 0. The van der Waals surface area contributed by atoms with Crippen LogP contribution in [0.5, 0.6) is 0 Å². The fourth-order valence-corrected chi connectivity index (χ4v) is 1.78. The fraction of sp³-hybridized carbons (Fsp3) is 0.467. The van der Waals surface area contributed by atoms with E-state index in [9.17, 15) is 4.79 Å². The second-order valence-electron chi connectivity index (χ2n) is 3.62. The normalized spacial score (nSPS) is 12.6. The predicted molar refractivity (Wildman–Crippen MR) is 66.2 cm³/mol. The van der Waals surface area contributed by atoms with Crippen molar-refractivity contribution in [3.05, 3.63) is 45.6 Å². The van der Waals surface area contributed by atoms with E-state index in [1.54, 1.807) is 6.42 Å². The third-order valence-corrected chi connectivity index (χ3v) is 2.57. The van der Waals surface area contributed by atoms with Gasteiger partial charge < -0.3 is 0 Å². The summed E-state index contributed by atoms with van der Waals surface area (Å²) in [6.07, 6.45) is 13.4. The maximum absolute atomic E-state index is 11.6. The standard InChI is InChI=1S/C12H18O.3CO.Fe/c1-2-3-5-10-12(13)11-8-6-4-7-9-11;3*1-2;/h2-3,5,10-11H,4,6-9H2,1H3;;;;. The van der Waals surface area contributed by atoms with Crippen molar-refractivity contribution < 1.29 is 35.8 Å². The summed E-state index contributed by atoms with van der Waals surface area (Å²) in [5.41, 5.74) is 0. The van der Waals surface area contributed by atoms with E-state index in [4.69, 9.17) is 14.0 Å². The second kappa shape index (κ2) is 26.9. The maximum atomic E-state index is 11.6. The van der Waals surface area contributed by atoms with Gasteiger partial charge in [0.05, 0.1) is 0 Å². The molecule has 0 atom stereocenters. The number of carbonyl (C=O) groups excluding carboxylic acids is 1. The third kappa shape index (κ3) is 17.4. The summed E-state index contributed by atoms with van der Waals surface area (Å²) < 4.78 is 22.5. The molecule has 0 amide bonds. The first-order chi connectivity index (χ1) is 9.34.